The SMILES string of the molecule is CCCCCCCCCCCCCCCc1ccc(N)c(O[C@@H]2O[C@H](CO)[C@@H](O)[C@H](O)[C@H]2O)c1. The Hall–Kier alpha value is -1.38. The standard InChI is InChI=1S/C27H47NO6/c1-2-3-4-5-6-7-8-9-10-11-12-13-14-15-20-16-17-21(28)22(18-20)33-27-26(32)25(31)24(30)23(19-29)34-27/h16-18,23-27,29-32H,2-15,19,28H2,1H3/t23-,24-,25+,26-,27-/m1/s1. The molecule has 0 radical (unpaired) electrons. The van der Waals surface area contributed by atoms with Gasteiger partial charge in [-0.05, 0) is 30.5 Å². The summed E-state index contributed by atoms with van der Waals surface area (Å²) < 4.78 is 11.2. The van der Waals surface area contributed by atoms with Crippen LogP contribution in [0.4, 0.5) is 5.69 Å². The van der Waals surface area contributed by atoms with E-state index in [2.05, 4.69) is 6.92 Å². The maximum Gasteiger partial charge on any atom is 0.229 e. The number of benzene rings is 1. The predicted octanol–water partition coefficient (Wildman–Crippen LogP) is 4.08. The molecule has 196 valence electrons. The fraction of sp³-hybridized carbons (Fsp3) is 0.778. The maximum absolute atomic E-state index is 10.2. The van der Waals surface area contributed by atoms with E-state index in [4.69, 9.17) is 15.2 Å². The molecule has 1 aromatic rings. The average Bonchev–Trinajstić information content (AvgIpc) is 2.84. The minimum Gasteiger partial charge on any atom is -0.460 e. The molecule has 34 heavy (non-hydrogen) atoms. The zero-order chi connectivity index (χ0) is 24.8. The molecule has 5 atom stereocenters. The van der Waals surface area contributed by atoms with Gasteiger partial charge in [0.05, 0.1) is 12.3 Å². The predicted molar refractivity (Wildman–Crippen MR) is 135 cm³/mol. The summed E-state index contributed by atoms with van der Waals surface area (Å²) in [5.41, 5.74) is 7.51. The van der Waals surface area contributed by atoms with Gasteiger partial charge in [0, 0.05) is 0 Å². The number of hydrogen-bond donors (Lipinski definition) is 5. The van der Waals surface area contributed by atoms with E-state index in [9.17, 15) is 20.4 Å². The van der Waals surface area contributed by atoms with Gasteiger partial charge < -0.3 is 35.6 Å². The Kier molecular flexibility index (Phi) is 13.9. The second-order valence-corrected chi connectivity index (χ2v) is 9.68. The molecule has 0 amide bonds. The van der Waals surface area contributed by atoms with E-state index in [1.807, 2.05) is 12.1 Å². The normalized spacial score (nSPS) is 24.9. The first-order valence-corrected chi connectivity index (χ1v) is 13.3. The van der Waals surface area contributed by atoms with E-state index in [1.54, 1.807) is 6.07 Å². The van der Waals surface area contributed by atoms with E-state index < -0.39 is 37.3 Å². The molecule has 0 saturated carbocycles. The summed E-state index contributed by atoms with van der Waals surface area (Å²) >= 11 is 0. The highest BCUT2D eigenvalue weighted by atomic mass is 16.7. The number of hydrogen-bond acceptors (Lipinski definition) is 7. The molecule has 7 nitrogen and oxygen atoms in total. The number of nitrogen functional groups attached to an aromatic ring is 1. The van der Waals surface area contributed by atoms with Crippen LogP contribution in [0, 0.1) is 0 Å². The topological polar surface area (TPSA) is 125 Å². The molecule has 1 aliphatic rings. The number of unbranched alkanes of at least 4 members (excludes halogenated alkanes) is 12. The number of rotatable bonds is 17. The zero-order valence-electron chi connectivity index (χ0n) is 20.9. The minimum absolute atomic E-state index is 0.358. The molecule has 1 aromatic carbocycles. The van der Waals surface area contributed by atoms with Crippen molar-refractivity contribution in [3.05, 3.63) is 23.8 Å². The highest BCUT2D eigenvalue weighted by molar-refractivity contribution is 5.54. The van der Waals surface area contributed by atoms with Crippen molar-refractivity contribution in [2.24, 2.45) is 0 Å². The fourth-order valence-corrected chi connectivity index (χ4v) is 4.47. The molecular formula is C27H47NO6. The van der Waals surface area contributed by atoms with E-state index in [0.717, 1.165) is 18.4 Å². The Balaban J connectivity index is 1.65. The van der Waals surface area contributed by atoms with Gasteiger partial charge in [-0.3, -0.25) is 0 Å². The smallest absolute Gasteiger partial charge is 0.229 e. The van der Waals surface area contributed by atoms with Crippen molar-refractivity contribution < 1.29 is 29.9 Å². The third-order valence-corrected chi connectivity index (χ3v) is 6.74. The van der Waals surface area contributed by atoms with Gasteiger partial charge in [0.15, 0.2) is 0 Å². The molecule has 6 N–H and O–H groups in total. The monoisotopic (exact) mass is 481 g/mol. The van der Waals surface area contributed by atoms with Crippen LogP contribution in [-0.2, 0) is 11.2 Å². The molecule has 0 aromatic heterocycles. The molecule has 0 aliphatic carbocycles. The third-order valence-electron chi connectivity index (χ3n) is 6.74. The van der Waals surface area contributed by atoms with Crippen LogP contribution in [0.15, 0.2) is 18.2 Å². The van der Waals surface area contributed by atoms with Gasteiger partial charge in [-0.25, -0.2) is 0 Å². The first kappa shape index (κ1) is 28.9. The summed E-state index contributed by atoms with van der Waals surface area (Å²) in [5.74, 6) is 0.358. The molecule has 2 rings (SSSR count). The van der Waals surface area contributed by atoms with Gasteiger partial charge in [-0.15, -0.1) is 0 Å². The van der Waals surface area contributed by atoms with Crippen molar-refractivity contribution in [1.82, 2.24) is 0 Å². The second kappa shape index (κ2) is 16.3. The van der Waals surface area contributed by atoms with Gasteiger partial charge in [-0.1, -0.05) is 90.0 Å². The summed E-state index contributed by atoms with van der Waals surface area (Å²) in [6.45, 7) is 1.76. The number of nitrogens with two attached hydrogens (primary N) is 1. The molecule has 0 spiro atoms. The highest BCUT2D eigenvalue weighted by Gasteiger charge is 2.44. The van der Waals surface area contributed by atoms with Crippen LogP contribution < -0.4 is 10.5 Å². The van der Waals surface area contributed by atoms with Crippen molar-refractivity contribution in [2.75, 3.05) is 12.3 Å². The molecule has 7 heteroatoms. The largest absolute Gasteiger partial charge is 0.460 e. The van der Waals surface area contributed by atoms with Gasteiger partial charge in [0.1, 0.15) is 30.2 Å². The van der Waals surface area contributed by atoms with Crippen molar-refractivity contribution in [3.63, 3.8) is 0 Å². The third kappa shape index (κ3) is 9.70. The van der Waals surface area contributed by atoms with E-state index in [0.29, 0.717) is 11.4 Å². The van der Waals surface area contributed by atoms with Gasteiger partial charge in [-0.2, -0.15) is 0 Å². The first-order valence-electron chi connectivity index (χ1n) is 13.3. The van der Waals surface area contributed by atoms with Crippen molar-refractivity contribution in [1.29, 1.82) is 0 Å². The van der Waals surface area contributed by atoms with Crippen molar-refractivity contribution in [2.45, 2.75) is 128 Å². The highest BCUT2D eigenvalue weighted by Crippen LogP contribution is 2.29. The molecule has 1 saturated heterocycles. The average molecular weight is 482 g/mol. The molecular weight excluding hydrogens is 434 g/mol. The van der Waals surface area contributed by atoms with Crippen LogP contribution in [0.25, 0.3) is 0 Å². The maximum atomic E-state index is 10.2. The number of aliphatic hydroxyl groups excluding tert-OH is 4. The Bertz CT molecular complexity index is 671. The van der Waals surface area contributed by atoms with Crippen molar-refractivity contribution >= 4 is 5.69 Å². The first-order chi connectivity index (χ1) is 16.5. The van der Waals surface area contributed by atoms with Crippen LogP contribution in [-0.4, -0.2) is 57.7 Å². The van der Waals surface area contributed by atoms with Gasteiger partial charge in [0.2, 0.25) is 6.29 Å². The van der Waals surface area contributed by atoms with Crippen LogP contribution in [0.3, 0.4) is 0 Å². The lowest BCUT2D eigenvalue weighted by Gasteiger charge is -2.39. The summed E-state index contributed by atoms with van der Waals surface area (Å²) in [4.78, 5) is 0. The Morgan fingerprint density at radius 3 is 1.91 bits per heavy atom. The van der Waals surface area contributed by atoms with Gasteiger partial charge >= 0.3 is 0 Å². The summed E-state index contributed by atoms with van der Waals surface area (Å²) in [5, 5.41) is 39.4. The second-order valence-electron chi connectivity index (χ2n) is 9.68. The number of aliphatic hydroxyl groups is 4. The lowest BCUT2D eigenvalue weighted by Crippen LogP contribution is -2.60. The van der Waals surface area contributed by atoms with Gasteiger partial charge in [0.25, 0.3) is 0 Å². The summed E-state index contributed by atoms with van der Waals surface area (Å²) in [6.07, 6.45) is 11.4. The van der Waals surface area contributed by atoms with E-state index >= 15 is 0 Å². The number of anilines is 1. The van der Waals surface area contributed by atoms with Crippen molar-refractivity contribution in [3.8, 4) is 5.75 Å². The Labute approximate surface area is 205 Å². The van der Waals surface area contributed by atoms with Crippen LogP contribution in [0.2, 0.25) is 0 Å². The fourth-order valence-electron chi connectivity index (χ4n) is 4.47. The molecule has 1 aliphatic heterocycles. The van der Waals surface area contributed by atoms with Crippen LogP contribution >= 0.6 is 0 Å². The molecule has 1 heterocycles. The summed E-state index contributed by atoms with van der Waals surface area (Å²) in [6, 6.07) is 5.56. The van der Waals surface area contributed by atoms with E-state index in [-0.39, 0.29) is 0 Å². The zero-order valence-corrected chi connectivity index (χ0v) is 20.9. The lowest BCUT2D eigenvalue weighted by atomic mass is 9.99. The Morgan fingerprint density at radius 2 is 1.35 bits per heavy atom. The summed E-state index contributed by atoms with van der Waals surface area (Å²) in [7, 11) is 0. The lowest BCUT2D eigenvalue weighted by molar-refractivity contribution is -0.277. The van der Waals surface area contributed by atoms with Crippen LogP contribution in [0.5, 0.6) is 5.75 Å². The number of ether oxygens (including phenoxy) is 2. The molecule has 0 bridgehead atoms. The number of aryl methyl sites for hydroxylation is 1. The van der Waals surface area contributed by atoms with Crippen LogP contribution in [0.1, 0.15) is 96.0 Å². The minimum atomic E-state index is -1.48. The van der Waals surface area contributed by atoms with E-state index in [1.165, 1.54) is 77.0 Å². The Morgan fingerprint density at radius 1 is 0.794 bits per heavy atom. The quantitative estimate of drug-likeness (QED) is 0.168. The molecule has 0 unspecified atom stereocenters. The molecule has 1 fully saturated rings.